The van der Waals surface area contributed by atoms with Crippen molar-refractivity contribution >= 4 is 5.82 Å². The van der Waals surface area contributed by atoms with Crippen molar-refractivity contribution in [1.29, 1.82) is 0 Å². The fourth-order valence-corrected chi connectivity index (χ4v) is 1.90. The Balaban J connectivity index is 2.50. The summed E-state index contributed by atoms with van der Waals surface area (Å²) in [6.07, 6.45) is 6.96. The van der Waals surface area contributed by atoms with Crippen LogP contribution in [0.15, 0.2) is 24.5 Å². The van der Waals surface area contributed by atoms with E-state index in [4.69, 9.17) is 12.2 Å². The predicted molar refractivity (Wildman–Crippen MR) is 70.4 cm³/mol. The molecule has 2 N–H and O–H groups in total. The maximum absolute atomic E-state index is 6.03. The Hall–Kier alpha value is -2.21. The molecule has 0 fully saturated rings. The van der Waals surface area contributed by atoms with Gasteiger partial charge in [0.15, 0.2) is 0 Å². The molecule has 0 spiro atoms. The van der Waals surface area contributed by atoms with Gasteiger partial charge in [-0.1, -0.05) is 29.7 Å². The van der Waals surface area contributed by atoms with Crippen molar-refractivity contribution in [2.45, 2.75) is 20.4 Å². The van der Waals surface area contributed by atoms with Gasteiger partial charge in [-0.15, -0.1) is 6.42 Å². The summed E-state index contributed by atoms with van der Waals surface area (Å²) in [5.41, 5.74) is 10.3. The standard InChI is InChI=1S/C14H15N3/c1-4-7-17-9-16-13(14(17)15)12-6-5-10(2)8-11(12)3/h1,5-6,8-9H,7,15H2,2-3H3. The summed E-state index contributed by atoms with van der Waals surface area (Å²) in [5, 5.41) is 0. The predicted octanol–water partition coefficient (Wildman–Crippen LogP) is 2.38. The lowest BCUT2D eigenvalue weighted by Crippen LogP contribution is -2.00. The second kappa shape index (κ2) is 4.34. The molecule has 2 aromatic rings. The van der Waals surface area contributed by atoms with Crippen molar-refractivity contribution in [3.05, 3.63) is 35.7 Å². The van der Waals surface area contributed by atoms with Gasteiger partial charge in [-0.3, -0.25) is 0 Å². The normalized spacial score (nSPS) is 10.2. The quantitative estimate of drug-likeness (QED) is 0.797. The lowest BCUT2D eigenvalue weighted by atomic mass is 10.0. The highest BCUT2D eigenvalue weighted by Crippen LogP contribution is 2.27. The molecule has 0 aliphatic rings. The Morgan fingerprint density at radius 1 is 1.41 bits per heavy atom. The molecule has 0 saturated heterocycles. The van der Waals surface area contributed by atoms with Gasteiger partial charge < -0.3 is 10.3 Å². The summed E-state index contributed by atoms with van der Waals surface area (Å²) in [4.78, 5) is 4.34. The number of benzene rings is 1. The summed E-state index contributed by atoms with van der Waals surface area (Å²) >= 11 is 0. The molecule has 1 aromatic heterocycles. The van der Waals surface area contributed by atoms with Crippen molar-refractivity contribution in [2.24, 2.45) is 0 Å². The summed E-state index contributed by atoms with van der Waals surface area (Å²) in [6.45, 7) is 4.57. The highest BCUT2D eigenvalue weighted by Gasteiger charge is 2.11. The first-order valence-electron chi connectivity index (χ1n) is 5.45. The third-order valence-electron chi connectivity index (χ3n) is 2.78. The second-order valence-electron chi connectivity index (χ2n) is 4.13. The number of nitrogens with zero attached hydrogens (tertiary/aromatic N) is 2. The van der Waals surface area contributed by atoms with E-state index in [0.717, 1.165) is 11.3 Å². The highest BCUT2D eigenvalue weighted by atomic mass is 15.1. The van der Waals surface area contributed by atoms with E-state index in [2.05, 4.69) is 36.9 Å². The second-order valence-corrected chi connectivity index (χ2v) is 4.13. The van der Waals surface area contributed by atoms with E-state index in [-0.39, 0.29) is 0 Å². The maximum atomic E-state index is 6.03. The number of anilines is 1. The minimum atomic E-state index is 0.448. The molecular weight excluding hydrogens is 210 g/mol. The Bertz CT molecular complexity index is 588. The van der Waals surface area contributed by atoms with Crippen LogP contribution in [0.3, 0.4) is 0 Å². The number of imidazole rings is 1. The maximum Gasteiger partial charge on any atom is 0.132 e. The first-order chi connectivity index (χ1) is 8.13. The van der Waals surface area contributed by atoms with Crippen LogP contribution >= 0.6 is 0 Å². The van der Waals surface area contributed by atoms with Crippen molar-refractivity contribution in [1.82, 2.24) is 9.55 Å². The molecule has 17 heavy (non-hydrogen) atoms. The number of hydrogen-bond acceptors (Lipinski definition) is 2. The molecule has 0 atom stereocenters. The van der Waals surface area contributed by atoms with E-state index in [9.17, 15) is 0 Å². The molecule has 0 aliphatic heterocycles. The molecule has 0 aliphatic carbocycles. The van der Waals surface area contributed by atoms with Gasteiger partial charge in [0.05, 0.1) is 12.9 Å². The van der Waals surface area contributed by atoms with Crippen molar-refractivity contribution in [2.75, 3.05) is 5.73 Å². The van der Waals surface area contributed by atoms with Crippen LogP contribution in [-0.2, 0) is 6.54 Å². The van der Waals surface area contributed by atoms with Gasteiger partial charge in [-0.25, -0.2) is 4.98 Å². The van der Waals surface area contributed by atoms with Gasteiger partial charge in [0.25, 0.3) is 0 Å². The van der Waals surface area contributed by atoms with E-state index >= 15 is 0 Å². The first kappa shape index (κ1) is 11.3. The van der Waals surface area contributed by atoms with Crippen LogP contribution in [0.4, 0.5) is 5.82 Å². The van der Waals surface area contributed by atoms with E-state index < -0.39 is 0 Å². The molecule has 0 radical (unpaired) electrons. The van der Waals surface area contributed by atoms with Crippen LogP contribution in [-0.4, -0.2) is 9.55 Å². The van der Waals surface area contributed by atoms with E-state index in [1.54, 1.807) is 10.9 Å². The molecule has 0 unspecified atom stereocenters. The van der Waals surface area contributed by atoms with Crippen molar-refractivity contribution in [3.63, 3.8) is 0 Å². The zero-order valence-electron chi connectivity index (χ0n) is 10.1. The Morgan fingerprint density at radius 3 is 2.82 bits per heavy atom. The molecule has 3 nitrogen and oxygen atoms in total. The van der Waals surface area contributed by atoms with Crippen LogP contribution < -0.4 is 5.73 Å². The number of aryl methyl sites for hydroxylation is 2. The third kappa shape index (κ3) is 2.02. The largest absolute Gasteiger partial charge is 0.383 e. The summed E-state index contributed by atoms with van der Waals surface area (Å²) in [5.74, 6) is 3.18. The highest BCUT2D eigenvalue weighted by molar-refractivity contribution is 5.73. The van der Waals surface area contributed by atoms with Gasteiger partial charge in [0.2, 0.25) is 0 Å². The number of nitrogen functional groups attached to an aromatic ring is 1. The topological polar surface area (TPSA) is 43.8 Å². The smallest absolute Gasteiger partial charge is 0.132 e. The fourth-order valence-electron chi connectivity index (χ4n) is 1.90. The van der Waals surface area contributed by atoms with Crippen LogP contribution in [0.1, 0.15) is 11.1 Å². The Labute approximate surface area is 101 Å². The minimum absolute atomic E-state index is 0.448. The zero-order chi connectivity index (χ0) is 12.4. The van der Waals surface area contributed by atoms with Gasteiger partial charge >= 0.3 is 0 Å². The fraction of sp³-hybridized carbons (Fsp3) is 0.214. The lowest BCUT2D eigenvalue weighted by Gasteiger charge is -2.06. The molecule has 0 amide bonds. The van der Waals surface area contributed by atoms with Gasteiger partial charge in [0, 0.05) is 5.56 Å². The number of hydrogen-bond donors (Lipinski definition) is 1. The van der Waals surface area contributed by atoms with Crippen LogP contribution in [0.25, 0.3) is 11.3 Å². The third-order valence-corrected chi connectivity index (χ3v) is 2.78. The van der Waals surface area contributed by atoms with E-state index in [1.165, 1.54) is 11.1 Å². The zero-order valence-corrected chi connectivity index (χ0v) is 10.1. The molecule has 3 heteroatoms. The molecule has 0 saturated carbocycles. The summed E-state index contributed by atoms with van der Waals surface area (Å²) < 4.78 is 1.77. The van der Waals surface area contributed by atoms with Crippen LogP contribution in [0, 0.1) is 26.2 Å². The van der Waals surface area contributed by atoms with Crippen LogP contribution in [0.2, 0.25) is 0 Å². The number of rotatable bonds is 2. The Kier molecular flexibility index (Phi) is 2.88. The van der Waals surface area contributed by atoms with Gasteiger partial charge in [-0.05, 0) is 19.4 Å². The molecule has 2 rings (SSSR count). The van der Waals surface area contributed by atoms with Crippen molar-refractivity contribution in [3.8, 4) is 23.6 Å². The molecule has 0 bridgehead atoms. The first-order valence-corrected chi connectivity index (χ1v) is 5.45. The average molecular weight is 225 g/mol. The lowest BCUT2D eigenvalue weighted by molar-refractivity contribution is 0.852. The molecule has 1 heterocycles. The van der Waals surface area contributed by atoms with E-state index in [0.29, 0.717) is 12.4 Å². The molecular formula is C14H15N3. The van der Waals surface area contributed by atoms with E-state index in [1.807, 2.05) is 6.07 Å². The molecule has 1 aromatic carbocycles. The monoisotopic (exact) mass is 225 g/mol. The summed E-state index contributed by atoms with van der Waals surface area (Å²) in [6, 6.07) is 6.22. The number of nitrogens with two attached hydrogens (primary N) is 1. The molecule has 86 valence electrons. The average Bonchev–Trinajstić information content (AvgIpc) is 2.62. The minimum Gasteiger partial charge on any atom is -0.383 e. The SMILES string of the molecule is C#CCn1cnc(-c2ccc(C)cc2C)c1N. The number of aromatic nitrogens is 2. The van der Waals surface area contributed by atoms with Crippen molar-refractivity contribution < 1.29 is 0 Å². The summed E-state index contributed by atoms with van der Waals surface area (Å²) in [7, 11) is 0. The van der Waals surface area contributed by atoms with Gasteiger partial charge in [-0.2, -0.15) is 0 Å². The van der Waals surface area contributed by atoms with Crippen LogP contribution in [0.5, 0.6) is 0 Å². The number of terminal acetylenes is 1. The van der Waals surface area contributed by atoms with Gasteiger partial charge in [0.1, 0.15) is 11.5 Å². The Morgan fingerprint density at radius 2 is 2.18 bits per heavy atom.